The Kier molecular flexibility index (Phi) is 4.71. The average molecular weight is 316 g/mol. The Morgan fingerprint density at radius 1 is 0.875 bits per heavy atom. The zero-order valence-corrected chi connectivity index (χ0v) is 13.9. The second-order valence-electron chi connectivity index (χ2n) is 5.90. The molecule has 0 radical (unpaired) electrons. The molecule has 0 saturated heterocycles. The summed E-state index contributed by atoms with van der Waals surface area (Å²) < 4.78 is 0. The van der Waals surface area contributed by atoms with Crippen LogP contribution in [0.4, 0.5) is 0 Å². The Morgan fingerprint density at radius 2 is 1.58 bits per heavy atom. The van der Waals surface area contributed by atoms with Gasteiger partial charge in [0.2, 0.25) is 0 Å². The maximum absolute atomic E-state index is 12.6. The molecule has 3 rings (SSSR count). The van der Waals surface area contributed by atoms with E-state index in [-0.39, 0.29) is 11.9 Å². The van der Waals surface area contributed by atoms with E-state index in [2.05, 4.69) is 42.3 Å². The van der Waals surface area contributed by atoms with Gasteiger partial charge in [0.25, 0.3) is 5.91 Å². The van der Waals surface area contributed by atoms with Crippen LogP contribution in [0.1, 0.15) is 38.7 Å². The maximum atomic E-state index is 12.6. The molecule has 0 saturated carbocycles. The Balaban J connectivity index is 1.96. The van der Waals surface area contributed by atoms with Crippen LogP contribution < -0.4 is 5.32 Å². The van der Waals surface area contributed by atoms with Gasteiger partial charge in [0.1, 0.15) is 0 Å². The normalized spacial score (nSPS) is 11.8. The van der Waals surface area contributed by atoms with Gasteiger partial charge in [-0.05, 0) is 48.2 Å². The Hall–Kier alpha value is -2.94. The summed E-state index contributed by atoms with van der Waals surface area (Å²) in [4.78, 5) is 16.6. The second-order valence-corrected chi connectivity index (χ2v) is 5.90. The smallest absolute Gasteiger partial charge is 0.252 e. The predicted molar refractivity (Wildman–Crippen MR) is 95.9 cm³/mol. The highest BCUT2D eigenvalue weighted by Gasteiger charge is 2.18. The summed E-state index contributed by atoms with van der Waals surface area (Å²) in [7, 11) is 0. The summed E-state index contributed by atoms with van der Waals surface area (Å²) >= 11 is 0. The highest BCUT2D eigenvalue weighted by Crippen LogP contribution is 2.24. The van der Waals surface area contributed by atoms with E-state index in [0.29, 0.717) is 5.56 Å². The largest absolute Gasteiger partial charge is 0.341 e. The minimum Gasteiger partial charge on any atom is -0.341 e. The fraction of sp³-hybridized carbons (Fsp3) is 0.143. The number of hydrogen-bond donors (Lipinski definition) is 1. The van der Waals surface area contributed by atoms with Crippen molar-refractivity contribution in [1.29, 1.82) is 0 Å². The summed E-state index contributed by atoms with van der Waals surface area (Å²) in [5.74, 6) is -0.107. The molecule has 0 spiro atoms. The van der Waals surface area contributed by atoms with Crippen molar-refractivity contribution in [2.45, 2.75) is 19.9 Å². The van der Waals surface area contributed by atoms with Gasteiger partial charge in [0.15, 0.2) is 0 Å². The Labute approximate surface area is 142 Å². The van der Waals surface area contributed by atoms with Crippen LogP contribution in [0.15, 0.2) is 73.1 Å². The highest BCUT2D eigenvalue weighted by molar-refractivity contribution is 5.94. The summed E-state index contributed by atoms with van der Waals surface area (Å²) in [6, 6.07) is 19.6. The lowest BCUT2D eigenvalue weighted by Crippen LogP contribution is -2.29. The van der Waals surface area contributed by atoms with Gasteiger partial charge in [-0.15, -0.1) is 0 Å². The third-order valence-corrected chi connectivity index (χ3v) is 4.22. The van der Waals surface area contributed by atoms with Crippen LogP contribution in [0.25, 0.3) is 0 Å². The molecule has 0 aliphatic rings. The first-order valence-corrected chi connectivity index (χ1v) is 7.98. The van der Waals surface area contributed by atoms with E-state index in [1.165, 1.54) is 11.1 Å². The molecule has 2 aromatic carbocycles. The molecule has 24 heavy (non-hydrogen) atoms. The molecule has 1 atom stereocenters. The predicted octanol–water partition coefficient (Wildman–Crippen LogP) is 4.22. The number of amides is 1. The van der Waals surface area contributed by atoms with Crippen LogP contribution >= 0.6 is 0 Å². The summed E-state index contributed by atoms with van der Waals surface area (Å²) in [5.41, 5.74) is 5.20. The van der Waals surface area contributed by atoms with Crippen molar-refractivity contribution in [2.24, 2.45) is 0 Å². The van der Waals surface area contributed by atoms with Crippen molar-refractivity contribution in [1.82, 2.24) is 10.3 Å². The first-order valence-electron chi connectivity index (χ1n) is 7.98. The van der Waals surface area contributed by atoms with Crippen LogP contribution in [0.3, 0.4) is 0 Å². The lowest BCUT2D eigenvalue weighted by Gasteiger charge is -2.21. The SMILES string of the molecule is Cc1ccc(C(NC(=O)c2ccncc2)c2ccccc2)cc1C. The zero-order chi connectivity index (χ0) is 16.9. The molecule has 1 heterocycles. The summed E-state index contributed by atoms with van der Waals surface area (Å²) in [6.45, 7) is 4.18. The van der Waals surface area contributed by atoms with Gasteiger partial charge in [0, 0.05) is 18.0 Å². The van der Waals surface area contributed by atoms with E-state index in [9.17, 15) is 4.79 Å². The van der Waals surface area contributed by atoms with Crippen LogP contribution in [-0.2, 0) is 0 Å². The monoisotopic (exact) mass is 316 g/mol. The molecule has 1 N–H and O–H groups in total. The number of nitrogens with one attached hydrogen (secondary N) is 1. The van der Waals surface area contributed by atoms with Crippen molar-refractivity contribution < 1.29 is 4.79 Å². The van der Waals surface area contributed by atoms with Gasteiger partial charge in [-0.2, -0.15) is 0 Å². The standard InChI is InChI=1S/C21H20N2O/c1-15-8-9-19(14-16(15)2)20(17-6-4-3-5-7-17)23-21(24)18-10-12-22-13-11-18/h3-14,20H,1-2H3,(H,23,24). The van der Waals surface area contributed by atoms with Gasteiger partial charge < -0.3 is 5.32 Å². The van der Waals surface area contributed by atoms with E-state index >= 15 is 0 Å². The van der Waals surface area contributed by atoms with Gasteiger partial charge in [-0.25, -0.2) is 0 Å². The lowest BCUT2D eigenvalue weighted by molar-refractivity contribution is 0.0943. The maximum Gasteiger partial charge on any atom is 0.252 e. The van der Waals surface area contributed by atoms with Gasteiger partial charge in [-0.1, -0.05) is 48.5 Å². The zero-order valence-electron chi connectivity index (χ0n) is 13.9. The molecule has 1 amide bonds. The molecule has 0 aliphatic carbocycles. The fourth-order valence-electron chi connectivity index (χ4n) is 2.67. The molecule has 1 aromatic heterocycles. The number of nitrogens with zero attached hydrogens (tertiary/aromatic N) is 1. The van der Waals surface area contributed by atoms with Crippen molar-refractivity contribution in [3.8, 4) is 0 Å². The number of pyridine rings is 1. The first kappa shape index (κ1) is 15.9. The Morgan fingerprint density at radius 3 is 2.25 bits per heavy atom. The second kappa shape index (κ2) is 7.09. The Bertz CT molecular complexity index is 829. The van der Waals surface area contributed by atoms with Gasteiger partial charge in [0.05, 0.1) is 6.04 Å². The van der Waals surface area contributed by atoms with E-state index in [1.54, 1.807) is 24.5 Å². The van der Waals surface area contributed by atoms with Crippen molar-refractivity contribution in [3.63, 3.8) is 0 Å². The summed E-state index contributed by atoms with van der Waals surface area (Å²) in [6.07, 6.45) is 3.25. The molecule has 0 aliphatic heterocycles. The molecule has 0 bridgehead atoms. The number of carbonyl (C=O) groups excluding carboxylic acids is 1. The minimum absolute atomic E-state index is 0.107. The minimum atomic E-state index is -0.189. The van der Waals surface area contributed by atoms with Gasteiger partial charge >= 0.3 is 0 Å². The molecule has 120 valence electrons. The molecule has 3 aromatic rings. The quantitative estimate of drug-likeness (QED) is 0.783. The van der Waals surface area contributed by atoms with Crippen molar-refractivity contribution in [2.75, 3.05) is 0 Å². The molecular formula is C21H20N2O. The molecular weight excluding hydrogens is 296 g/mol. The fourth-order valence-corrected chi connectivity index (χ4v) is 2.67. The van der Waals surface area contributed by atoms with E-state index in [4.69, 9.17) is 0 Å². The first-order chi connectivity index (χ1) is 11.6. The topological polar surface area (TPSA) is 42.0 Å². The molecule has 3 nitrogen and oxygen atoms in total. The molecule has 1 unspecified atom stereocenters. The summed E-state index contributed by atoms with van der Waals surface area (Å²) in [5, 5.41) is 3.15. The number of hydrogen-bond acceptors (Lipinski definition) is 2. The van der Waals surface area contributed by atoms with E-state index in [0.717, 1.165) is 11.1 Å². The van der Waals surface area contributed by atoms with Crippen LogP contribution in [-0.4, -0.2) is 10.9 Å². The average Bonchev–Trinajstić information content (AvgIpc) is 2.63. The van der Waals surface area contributed by atoms with Gasteiger partial charge in [-0.3, -0.25) is 9.78 Å². The van der Waals surface area contributed by atoms with Crippen LogP contribution in [0, 0.1) is 13.8 Å². The number of benzene rings is 2. The highest BCUT2D eigenvalue weighted by atomic mass is 16.1. The lowest BCUT2D eigenvalue weighted by atomic mass is 9.95. The van der Waals surface area contributed by atoms with Crippen LogP contribution in [0.5, 0.6) is 0 Å². The number of rotatable bonds is 4. The molecule has 3 heteroatoms. The number of aromatic nitrogens is 1. The van der Waals surface area contributed by atoms with E-state index < -0.39 is 0 Å². The number of aryl methyl sites for hydroxylation is 2. The van der Waals surface area contributed by atoms with Crippen molar-refractivity contribution in [3.05, 3.63) is 101 Å². The van der Waals surface area contributed by atoms with Crippen molar-refractivity contribution >= 4 is 5.91 Å². The van der Waals surface area contributed by atoms with Crippen LogP contribution in [0.2, 0.25) is 0 Å². The number of carbonyl (C=O) groups is 1. The third kappa shape index (κ3) is 3.51. The molecule has 0 fully saturated rings. The van der Waals surface area contributed by atoms with E-state index in [1.807, 2.05) is 30.3 Å². The third-order valence-electron chi connectivity index (χ3n) is 4.22.